The number of rotatable bonds is 8. The molecule has 2 atom stereocenters. The van der Waals surface area contributed by atoms with Crippen molar-refractivity contribution >= 4 is 10.9 Å². The van der Waals surface area contributed by atoms with Crippen molar-refractivity contribution in [2.75, 3.05) is 20.3 Å². The van der Waals surface area contributed by atoms with Gasteiger partial charge in [0, 0.05) is 31.3 Å². The van der Waals surface area contributed by atoms with Crippen molar-refractivity contribution in [3.8, 4) is 0 Å². The highest BCUT2D eigenvalue weighted by molar-refractivity contribution is 5.82. The maximum absolute atomic E-state index is 5.25. The lowest BCUT2D eigenvalue weighted by Crippen LogP contribution is -2.28. The standard InChI is InChI=1S/C18H26N2O/c1-4-11-20-18(14(2)10-13-21-3)16-7-5-9-17-15(16)8-6-12-19-17/h5-9,12,14,18,20H,4,10-11,13H2,1-3H3. The van der Waals surface area contributed by atoms with Gasteiger partial charge in [-0.2, -0.15) is 0 Å². The van der Waals surface area contributed by atoms with Crippen molar-refractivity contribution < 1.29 is 4.74 Å². The summed E-state index contributed by atoms with van der Waals surface area (Å²) in [6.45, 7) is 6.32. The first-order valence-electron chi connectivity index (χ1n) is 7.84. The lowest BCUT2D eigenvalue weighted by atomic mass is 9.89. The number of methoxy groups -OCH3 is 1. The lowest BCUT2D eigenvalue weighted by Gasteiger charge is -2.26. The molecule has 21 heavy (non-hydrogen) atoms. The molecular weight excluding hydrogens is 260 g/mol. The van der Waals surface area contributed by atoms with Crippen molar-refractivity contribution in [3.05, 3.63) is 42.1 Å². The minimum absolute atomic E-state index is 0.341. The molecule has 0 aliphatic rings. The molecule has 3 nitrogen and oxygen atoms in total. The Balaban J connectivity index is 2.33. The summed E-state index contributed by atoms with van der Waals surface area (Å²) in [5.41, 5.74) is 2.41. The normalized spacial score (nSPS) is 14.2. The molecule has 1 aromatic heterocycles. The zero-order valence-corrected chi connectivity index (χ0v) is 13.3. The zero-order chi connectivity index (χ0) is 15.1. The van der Waals surface area contributed by atoms with Crippen LogP contribution in [0.25, 0.3) is 10.9 Å². The molecule has 0 saturated carbocycles. The molecule has 1 aromatic carbocycles. The van der Waals surface area contributed by atoms with Gasteiger partial charge in [0.2, 0.25) is 0 Å². The summed E-state index contributed by atoms with van der Waals surface area (Å²) in [6, 6.07) is 10.9. The van der Waals surface area contributed by atoms with Gasteiger partial charge < -0.3 is 10.1 Å². The molecule has 0 saturated heterocycles. The van der Waals surface area contributed by atoms with E-state index in [1.807, 2.05) is 12.3 Å². The van der Waals surface area contributed by atoms with Crippen molar-refractivity contribution in [2.24, 2.45) is 5.92 Å². The van der Waals surface area contributed by atoms with E-state index in [2.05, 4.69) is 48.4 Å². The van der Waals surface area contributed by atoms with E-state index in [1.54, 1.807) is 7.11 Å². The van der Waals surface area contributed by atoms with Crippen molar-refractivity contribution in [2.45, 2.75) is 32.7 Å². The maximum atomic E-state index is 5.25. The van der Waals surface area contributed by atoms with E-state index in [4.69, 9.17) is 4.74 Å². The van der Waals surface area contributed by atoms with Gasteiger partial charge in [-0.3, -0.25) is 4.98 Å². The molecule has 0 bridgehead atoms. The second kappa shape index (κ2) is 8.11. The molecule has 3 heteroatoms. The Morgan fingerprint density at radius 2 is 2.10 bits per heavy atom. The third-order valence-corrected chi connectivity index (χ3v) is 3.98. The van der Waals surface area contributed by atoms with Crippen LogP contribution in [0.5, 0.6) is 0 Å². The Hall–Kier alpha value is -1.45. The van der Waals surface area contributed by atoms with Crippen LogP contribution in [-0.2, 0) is 4.74 Å². The van der Waals surface area contributed by atoms with Crippen LogP contribution in [0.1, 0.15) is 38.3 Å². The van der Waals surface area contributed by atoms with Crippen LogP contribution in [0.4, 0.5) is 0 Å². The van der Waals surface area contributed by atoms with Crippen LogP contribution in [-0.4, -0.2) is 25.2 Å². The number of fused-ring (bicyclic) bond motifs is 1. The number of nitrogens with zero attached hydrogens (tertiary/aromatic N) is 1. The van der Waals surface area contributed by atoms with Gasteiger partial charge in [0.1, 0.15) is 0 Å². The van der Waals surface area contributed by atoms with Gasteiger partial charge in [0.05, 0.1) is 5.52 Å². The maximum Gasteiger partial charge on any atom is 0.0705 e. The summed E-state index contributed by atoms with van der Waals surface area (Å²) in [6.07, 6.45) is 4.04. The highest BCUT2D eigenvalue weighted by atomic mass is 16.5. The fraction of sp³-hybridized carbons (Fsp3) is 0.500. The first-order chi connectivity index (χ1) is 10.3. The molecule has 1 N–H and O–H groups in total. The number of aromatic nitrogens is 1. The van der Waals surface area contributed by atoms with E-state index < -0.39 is 0 Å². The molecule has 114 valence electrons. The molecule has 0 fully saturated rings. The number of benzene rings is 1. The van der Waals surface area contributed by atoms with Crippen LogP contribution >= 0.6 is 0 Å². The van der Waals surface area contributed by atoms with Gasteiger partial charge in [-0.05, 0) is 43.0 Å². The number of hydrogen-bond acceptors (Lipinski definition) is 3. The predicted molar refractivity (Wildman–Crippen MR) is 88.4 cm³/mol. The highest BCUT2D eigenvalue weighted by Crippen LogP contribution is 2.30. The fourth-order valence-electron chi connectivity index (χ4n) is 2.79. The fourth-order valence-corrected chi connectivity index (χ4v) is 2.79. The lowest BCUT2D eigenvalue weighted by molar-refractivity contribution is 0.170. The van der Waals surface area contributed by atoms with E-state index in [1.165, 1.54) is 10.9 Å². The number of ether oxygens (including phenoxy) is 1. The summed E-state index contributed by atoms with van der Waals surface area (Å²) < 4.78 is 5.25. The minimum atomic E-state index is 0.341. The molecule has 0 spiro atoms. The number of pyridine rings is 1. The summed E-state index contributed by atoms with van der Waals surface area (Å²) in [7, 11) is 1.77. The number of hydrogen-bond donors (Lipinski definition) is 1. The highest BCUT2D eigenvalue weighted by Gasteiger charge is 2.20. The predicted octanol–water partition coefficient (Wildman–Crippen LogP) is 3.95. The summed E-state index contributed by atoms with van der Waals surface area (Å²) in [5, 5.41) is 4.95. The van der Waals surface area contributed by atoms with Gasteiger partial charge in [0.15, 0.2) is 0 Å². The second-order valence-corrected chi connectivity index (χ2v) is 5.61. The Morgan fingerprint density at radius 3 is 2.86 bits per heavy atom. The molecule has 0 aliphatic heterocycles. The van der Waals surface area contributed by atoms with Crippen LogP contribution in [0, 0.1) is 5.92 Å². The quantitative estimate of drug-likeness (QED) is 0.798. The van der Waals surface area contributed by atoms with Crippen molar-refractivity contribution in [3.63, 3.8) is 0 Å². The molecule has 2 rings (SSSR count). The third-order valence-electron chi connectivity index (χ3n) is 3.98. The Bertz CT molecular complexity index is 550. The van der Waals surface area contributed by atoms with Gasteiger partial charge in [-0.15, -0.1) is 0 Å². The Kier molecular flexibility index (Phi) is 6.15. The van der Waals surface area contributed by atoms with Gasteiger partial charge in [-0.1, -0.05) is 32.0 Å². The molecule has 0 aliphatic carbocycles. The summed E-state index contributed by atoms with van der Waals surface area (Å²) in [4.78, 5) is 4.47. The van der Waals surface area contributed by atoms with Gasteiger partial charge in [0.25, 0.3) is 0 Å². The van der Waals surface area contributed by atoms with E-state index in [9.17, 15) is 0 Å². The van der Waals surface area contributed by atoms with E-state index in [-0.39, 0.29) is 0 Å². The van der Waals surface area contributed by atoms with Crippen LogP contribution in [0.15, 0.2) is 36.5 Å². The average Bonchev–Trinajstić information content (AvgIpc) is 2.53. The largest absolute Gasteiger partial charge is 0.385 e. The monoisotopic (exact) mass is 286 g/mol. The molecule has 0 radical (unpaired) electrons. The minimum Gasteiger partial charge on any atom is -0.385 e. The summed E-state index contributed by atoms with van der Waals surface area (Å²) >= 11 is 0. The first kappa shape index (κ1) is 15.9. The SMILES string of the molecule is CCCNC(c1cccc2ncccc12)C(C)CCOC. The second-order valence-electron chi connectivity index (χ2n) is 5.61. The molecule has 2 unspecified atom stereocenters. The topological polar surface area (TPSA) is 34.2 Å². The van der Waals surface area contributed by atoms with Gasteiger partial charge >= 0.3 is 0 Å². The van der Waals surface area contributed by atoms with E-state index in [0.29, 0.717) is 12.0 Å². The van der Waals surface area contributed by atoms with Crippen LogP contribution in [0.2, 0.25) is 0 Å². The van der Waals surface area contributed by atoms with E-state index in [0.717, 1.165) is 31.5 Å². The van der Waals surface area contributed by atoms with Crippen molar-refractivity contribution in [1.29, 1.82) is 0 Å². The zero-order valence-electron chi connectivity index (χ0n) is 13.3. The third kappa shape index (κ3) is 4.02. The molecule has 1 heterocycles. The van der Waals surface area contributed by atoms with Gasteiger partial charge in [-0.25, -0.2) is 0 Å². The number of nitrogens with one attached hydrogen (secondary N) is 1. The van der Waals surface area contributed by atoms with E-state index >= 15 is 0 Å². The Labute approximate surface area is 127 Å². The first-order valence-corrected chi connectivity index (χ1v) is 7.84. The Morgan fingerprint density at radius 1 is 1.24 bits per heavy atom. The average molecular weight is 286 g/mol. The molecular formula is C18H26N2O. The van der Waals surface area contributed by atoms with Crippen LogP contribution < -0.4 is 5.32 Å². The van der Waals surface area contributed by atoms with Crippen molar-refractivity contribution in [1.82, 2.24) is 10.3 Å². The molecule has 2 aromatic rings. The van der Waals surface area contributed by atoms with Crippen LogP contribution in [0.3, 0.4) is 0 Å². The smallest absolute Gasteiger partial charge is 0.0705 e. The summed E-state index contributed by atoms with van der Waals surface area (Å²) in [5.74, 6) is 0.516. The molecule has 0 amide bonds.